The lowest BCUT2D eigenvalue weighted by atomic mass is 10.1. The number of piperazine rings is 1. The Morgan fingerprint density at radius 1 is 1.23 bits per heavy atom. The third-order valence-electron chi connectivity index (χ3n) is 5.35. The van der Waals surface area contributed by atoms with E-state index < -0.39 is 0 Å². The number of fused-ring (bicyclic) bond motifs is 1. The summed E-state index contributed by atoms with van der Waals surface area (Å²) in [6.45, 7) is 6.52. The van der Waals surface area contributed by atoms with Crippen molar-refractivity contribution >= 4 is 16.6 Å². The molecular weight excluding hydrogens is 326 g/mol. The maximum Gasteiger partial charge on any atom is 0.257 e. The second kappa shape index (κ2) is 6.63. The van der Waals surface area contributed by atoms with Crippen LogP contribution in [-0.2, 0) is 6.54 Å². The molecule has 6 heteroatoms. The van der Waals surface area contributed by atoms with Gasteiger partial charge in [0.2, 0.25) is 0 Å². The van der Waals surface area contributed by atoms with Crippen LogP contribution in [0.25, 0.3) is 22.2 Å². The van der Waals surface area contributed by atoms with Crippen molar-refractivity contribution in [2.45, 2.75) is 19.5 Å². The van der Waals surface area contributed by atoms with Crippen molar-refractivity contribution in [3.05, 3.63) is 52.4 Å². The molecule has 0 amide bonds. The number of nitrogens with two attached hydrogens (primary N) is 1. The molecule has 0 bridgehead atoms. The lowest BCUT2D eigenvalue weighted by Gasteiger charge is -2.37. The van der Waals surface area contributed by atoms with E-state index in [2.05, 4.69) is 51.9 Å². The third kappa shape index (κ3) is 3.25. The number of H-pyrrole nitrogens is 2. The molecule has 0 saturated carbocycles. The van der Waals surface area contributed by atoms with Gasteiger partial charge in [-0.3, -0.25) is 9.69 Å². The van der Waals surface area contributed by atoms with E-state index in [1.807, 2.05) is 6.07 Å². The van der Waals surface area contributed by atoms with Crippen LogP contribution >= 0.6 is 0 Å². The smallest absolute Gasteiger partial charge is 0.257 e. The van der Waals surface area contributed by atoms with Gasteiger partial charge in [0.05, 0.1) is 11.3 Å². The molecule has 26 heavy (non-hydrogen) atoms. The molecule has 136 valence electrons. The van der Waals surface area contributed by atoms with E-state index >= 15 is 0 Å². The number of anilines is 1. The zero-order valence-electron chi connectivity index (χ0n) is 15.2. The molecule has 3 heterocycles. The van der Waals surface area contributed by atoms with Gasteiger partial charge >= 0.3 is 0 Å². The molecule has 6 nitrogen and oxygen atoms in total. The van der Waals surface area contributed by atoms with Gasteiger partial charge in [0, 0.05) is 55.0 Å². The van der Waals surface area contributed by atoms with Gasteiger partial charge in [-0.25, -0.2) is 0 Å². The Balaban J connectivity index is 1.60. The van der Waals surface area contributed by atoms with Crippen LogP contribution in [0.15, 0.2) is 41.3 Å². The van der Waals surface area contributed by atoms with Gasteiger partial charge in [-0.2, -0.15) is 0 Å². The summed E-state index contributed by atoms with van der Waals surface area (Å²) in [5.74, 6) is 0. The Kier molecular flexibility index (Phi) is 4.30. The van der Waals surface area contributed by atoms with Crippen molar-refractivity contribution in [2.75, 3.05) is 32.4 Å². The predicted molar refractivity (Wildman–Crippen MR) is 106 cm³/mol. The first-order valence-electron chi connectivity index (χ1n) is 9.02. The Morgan fingerprint density at radius 2 is 2.08 bits per heavy atom. The number of rotatable bonds is 3. The van der Waals surface area contributed by atoms with Crippen LogP contribution in [0.4, 0.5) is 5.69 Å². The van der Waals surface area contributed by atoms with Crippen LogP contribution < -0.4 is 11.3 Å². The number of likely N-dealkylation sites (N-methyl/N-ethyl adjacent to an activating group) is 1. The van der Waals surface area contributed by atoms with Crippen molar-refractivity contribution < 1.29 is 0 Å². The molecule has 1 saturated heterocycles. The minimum absolute atomic E-state index is 0.141. The highest BCUT2D eigenvalue weighted by atomic mass is 16.1. The standard InChI is InChI=1S/C20H25N5O/c1-13-11-25(6-5-24(13)2)12-14-3-4-18-15(7-14)8-19(23-18)17-9-16(21)10-22-20(17)26/h3-4,7-10,13,23H,5-6,11-12,21H2,1-2H3,(H,22,26). The first-order valence-corrected chi connectivity index (χ1v) is 9.02. The van der Waals surface area contributed by atoms with E-state index in [4.69, 9.17) is 5.73 Å². The Bertz CT molecular complexity index is 989. The minimum atomic E-state index is -0.141. The third-order valence-corrected chi connectivity index (χ3v) is 5.35. The average molecular weight is 351 g/mol. The van der Waals surface area contributed by atoms with E-state index in [9.17, 15) is 4.79 Å². The van der Waals surface area contributed by atoms with Crippen molar-refractivity contribution in [3.63, 3.8) is 0 Å². The summed E-state index contributed by atoms with van der Waals surface area (Å²) < 4.78 is 0. The summed E-state index contributed by atoms with van der Waals surface area (Å²) in [7, 11) is 2.19. The summed E-state index contributed by atoms with van der Waals surface area (Å²) in [5.41, 5.74) is 9.89. The van der Waals surface area contributed by atoms with Crippen LogP contribution in [-0.4, -0.2) is 52.5 Å². The van der Waals surface area contributed by atoms with Crippen molar-refractivity contribution in [2.24, 2.45) is 0 Å². The number of hydrogen-bond acceptors (Lipinski definition) is 4. The summed E-state index contributed by atoms with van der Waals surface area (Å²) in [6.07, 6.45) is 1.52. The molecule has 0 spiro atoms. The van der Waals surface area contributed by atoms with Crippen LogP contribution in [0.1, 0.15) is 12.5 Å². The largest absolute Gasteiger partial charge is 0.398 e. The number of hydrogen-bond donors (Lipinski definition) is 3. The van der Waals surface area contributed by atoms with Gasteiger partial charge in [-0.05, 0) is 43.8 Å². The van der Waals surface area contributed by atoms with Gasteiger partial charge in [-0.15, -0.1) is 0 Å². The normalized spacial score (nSPS) is 19.2. The number of pyridine rings is 1. The zero-order chi connectivity index (χ0) is 18.3. The first kappa shape index (κ1) is 16.9. The van der Waals surface area contributed by atoms with Crippen molar-refractivity contribution in [1.29, 1.82) is 0 Å². The van der Waals surface area contributed by atoms with Gasteiger partial charge in [0.1, 0.15) is 0 Å². The van der Waals surface area contributed by atoms with E-state index in [1.165, 1.54) is 11.8 Å². The maximum absolute atomic E-state index is 12.1. The molecule has 1 aliphatic rings. The molecule has 3 aromatic rings. The van der Waals surface area contributed by atoms with E-state index in [1.54, 1.807) is 6.07 Å². The molecule has 2 aromatic heterocycles. The second-order valence-corrected chi connectivity index (χ2v) is 7.35. The Labute approximate surface area is 152 Å². The van der Waals surface area contributed by atoms with Crippen LogP contribution in [0.3, 0.4) is 0 Å². The average Bonchev–Trinajstić information content (AvgIpc) is 3.03. The van der Waals surface area contributed by atoms with Gasteiger partial charge in [0.25, 0.3) is 5.56 Å². The summed E-state index contributed by atoms with van der Waals surface area (Å²) >= 11 is 0. The van der Waals surface area contributed by atoms with Crippen LogP contribution in [0, 0.1) is 0 Å². The molecule has 0 aliphatic carbocycles. The van der Waals surface area contributed by atoms with Gasteiger partial charge < -0.3 is 20.6 Å². The highest BCUT2D eigenvalue weighted by molar-refractivity contribution is 5.86. The zero-order valence-corrected chi connectivity index (χ0v) is 15.2. The number of nitrogens with one attached hydrogen (secondary N) is 2. The molecule has 1 unspecified atom stereocenters. The second-order valence-electron chi connectivity index (χ2n) is 7.35. The molecule has 4 rings (SSSR count). The number of aromatic amines is 2. The van der Waals surface area contributed by atoms with E-state index in [-0.39, 0.29) is 5.56 Å². The quantitative estimate of drug-likeness (QED) is 0.676. The SMILES string of the molecule is CC1CN(Cc2ccc3[nH]c(-c4cc(N)c[nH]c4=O)cc3c2)CCN1C. The molecule has 1 fully saturated rings. The number of nitrogen functional groups attached to an aromatic ring is 1. The van der Waals surface area contributed by atoms with Gasteiger partial charge in [-0.1, -0.05) is 6.07 Å². The predicted octanol–water partition coefficient (Wildman–Crippen LogP) is 2.24. The van der Waals surface area contributed by atoms with Crippen LogP contribution in [0.5, 0.6) is 0 Å². The topological polar surface area (TPSA) is 81.1 Å². The summed E-state index contributed by atoms with van der Waals surface area (Å²) in [5, 5.41) is 1.11. The maximum atomic E-state index is 12.1. The highest BCUT2D eigenvalue weighted by Crippen LogP contribution is 2.24. The summed E-state index contributed by atoms with van der Waals surface area (Å²) in [6, 6.07) is 10.8. The fraction of sp³-hybridized carbons (Fsp3) is 0.350. The fourth-order valence-corrected chi connectivity index (χ4v) is 3.65. The number of benzene rings is 1. The van der Waals surface area contributed by atoms with Crippen molar-refractivity contribution in [3.8, 4) is 11.3 Å². The molecule has 0 radical (unpaired) electrons. The first-order chi connectivity index (χ1) is 12.5. The molecule has 1 aromatic carbocycles. The molecule has 1 atom stereocenters. The van der Waals surface area contributed by atoms with E-state index in [0.29, 0.717) is 17.3 Å². The minimum Gasteiger partial charge on any atom is -0.398 e. The molecule has 1 aliphatic heterocycles. The monoisotopic (exact) mass is 351 g/mol. The van der Waals surface area contributed by atoms with Gasteiger partial charge in [0.15, 0.2) is 0 Å². The lowest BCUT2D eigenvalue weighted by Crippen LogP contribution is -2.49. The lowest BCUT2D eigenvalue weighted by molar-refractivity contribution is 0.100. The molecule has 4 N–H and O–H groups in total. The highest BCUT2D eigenvalue weighted by Gasteiger charge is 2.20. The summed E-state index contributed by atoms with van der Waals surface area (Å²) in [4.78, 5) is 23.0. The number of aromatic nitrogens is 2. The number of nitrogens with zero attached hydrogens (tertiary/aromatic N) is 2. The van der Waals surface area contributed by atoms with Crippen LogP contribution in [0.2, 0.25) is 0 Å². The fourth-order valence-electron chi connectivity index (χ4n) is 3.65. The Morgan fingerprint density at radius 3 is 2.88 bits per heavy atom. The Hall–Kier alpha value is -2.57. The van der Waals surface area contributed by atoms with E-state index in [0.717, 1.165) is 42.8 Å². The molecular formula is C20H25N5O. The van der Waals surface area contributed by atoms with Crippen molar-refractivity contribution in [1.82, 2.24) is 19.8 Å².